The number of anilines is 6. The van der Waals surface area contributed by atoms with Crippen LogP contribution in [0.4, 0.5) is 34.1 Å². The Kier molecular flexibility index (Phi) is 13.4. The van der Waals surface area contributed by atoms with Crippen molar-refractivity contribution in [3.05, 3.63) is 235 Å². The highest BCUT2D eigenvalue weighted by atomic mass is 15.2. The van der Waals surface area contributed by atoms with E-state index >= 15 is 0 Å². The third-order valence-electron chi connectivity index (χ3n) is 15.1. The standard InChI is InChI=1S/C72H71N7/c1-69(2,3)51-29-37-55(38-30-51)77(56-39-31-52(32-40-56)70(4,5)6)62-46-50(68-75-66(48-22-15-13-16-23-48)74-67(76-68)49-24-17-14-18-25-49)47-63(65(62)79-60-27-20-19-26-59(60)64-61(79)28-21-45-73-64)78(57-41-33-53(34-42-57)71(7,8)9)58-43-35-54(36-44-58)72(10,11)12/h13-47H,1-12H3. The zero-order chi connectivity index (χ0) is 55.4. The van der Waals surface area contributed by atoms with Gasteiger partial charge in [-0.2, -0.15) is 0 Å². The summed E-state index contributed by atoms with van der Waals surface area (Å²) in [6.07, 6.45) is 1.90. The Morgan fingerprint density at radius 2 is 0.658 bits per heavy atom. The molecule has 0 radical (unpaired) electrons. The summed E-state index contributed by atoms with van der Waals surface area (Å²) in [6, 6.07) is 74.5. The lowest BCUT2D eigenvalue weighted by Crippen LogP contribution is -2.20. The van der Waals surface area contributed by atoms with Crippen LogP contribution < -0.4 is 9.80 Å². The molecular weight excluding hydrogens is 963 g/mol. The Morgan fingerprint density at radius 3 is 1.03 bits per heavy atom. The van der Waals surface area contributed by atoms with Gasteiger partial charge in [0.15, 0.2) is 17.5 Å². The Morgan fingerprint density at radius 1 is 0.329 bits per heavy atom. The molecule has 0 saturated heterocycles. The maximum atomic E-state index is 5.46. The van der Waals surface area contributed by atoms with Crippen LogP contribution in [0.15, 0.2) is 212 Å². The van der Waals surface area contributed by atoms with Crippen molar-refractivity contribution < 1.29 is 0 Å². The van der Waals surface area contributed by atoms with Crippen LogP contribution in [-0.4, -0.2) is 24.5 Å². The second-order valence-corrected chi connectivity index (χ2v) is 25.0. The summed E-state index contributed by atoms with van der Waals surface area (Å²) in [5.74, 6) is 1.72. The SMILES string of the molecule is CC(C)(C)c1ccc(N(c2ccc(C(C)(C)C)cc2)c2cc(-c3nc(-c4ccccc4)nc(-c4ccccc4)n3)cc(N(c3ccc(C(C)(C)C)cc3)c3ccc(C(C)(C)C)cc3)c2-n2c3ccccc3c3ncccc32)cc1. The van der Waals surface area contributed by atoms with Crippen molar-refractivity contribution in [3.8, 4) is 39.9 Å². The molecule has 0 bridgehead atoms. The van der Waals surface area contributed by atoms with Gasteiger partial charge >= 0.3 is 0 Å². The van der Waals surface area contributed by atoms with E-state index in [1.807, 2.05) is 42.6 Å². The van der Waals surface area contributed by atoms with Crippen molar-refractivity contribution >= 4 is 56.1 Å². The molecule has 0 unspecified atom stereocenters. The zero-order valence-corrected chi connectivity index (χ0v) is 47.8. The monoisotopic (exact) mass is 1030 g/mol. The number of rotatable bonds is 10. The average Bonchev–Trinajstić information content (AvgIpc) is 3.99. The van der Waals surface area contributed by atoms with Crippen molar-refractivity contribution in [2.75, 3.05) is 9.80 Å². The van der Waals surface area contributed by atoms with E-state index in [-0.39, 0.29) is 21.7 Å². The summed E-state index contributed by atoms with van der Waals surface area (Å²) < 4.78 is 2.43. The van der Waals surface area contributed by atoms with E-state index < -0.39 is 0 Å². The maximum Gasteiger partial charge on any atom is 0.164 e. The Bertz CT molecular complexity index is 3580. The molecule has 11 aromatic rings. The second-order valence-electron chi connectivity index (χ2n) is 25.0. The molecule has 7 heteroatoms. The molecule has 11 rings (SSSR count). The molecule has 0 fully saturated rings. The van der Waals surface area contributed by atoms with Crippen molar-refractivity contribution in [1.82, 2.24) is 24.5 Å². The summed E-state index contributed by atoms with van der Waals surface area (Å²) in [4.78, 5) is 26.1. The molecule has 0 aliphatic carbocycles. The van der Waals surface area contributed by atoms with Crippen LogP contribution in [0.5, 0.6) is 0 Å². The lowest BCUT2D eigenvalue weighted by atomic mass is 9.86. The van der Waals surface area contributed by atoms with Crippen molar-refractivity contribution in [1.29, 1.82) is 0 Å². The fourth-order valence-electron chi connectivity index (χ4n) is 10.6. The van der Waals surface area contributed by atoms with Gasteiger partial charge in [-0.1, -0.05) is 210 Å². The molecule has 7 nitrogen and oxygen atoms in total. The van der Waals surface area contributed by atoms with Gasteiger partial charge in [-0.3, -0.25) is 4.98 Å². The van der Waals surface area contributed by atoms with Crippen molar-refractivity contribution in [3.63, 3.8) is 0 Å². The van der Waals surface area contributed by atoms with Crippen LogP contribution in [0.1, 0.15) is 105 Å². The molecule has 79 heavy (non-hydrogen) atoms. The minimum Gasteiger partial charge on any atom is -0.308 e. The van der Waals surface area contributed by atoms with Crippen LogP contribution in [-0.2, 0) is 21.7 Å². The number of hydrogen-bond donors (Lipinski definition) is 0. The number of fused-ring (bicyclic) bond motifs is 3. The van der Waals surface area contributed by atoms with E-state index in [4.69, 9.17) is 19.9 Å². The molecule has 0 atom stereocenters. The molecule has 0 saturated carbocycles. The highest BCUT2D eigenvalue weighted by Gasteiger charge is 2.31. The van der Waals surface area contributed by atoms with Crippen LogP contribution in [0.25, 0.3) is 61.8 Å². The highest BCUT2D eigenvalue weighted by molar-refractivity contribution is 6.09. The number of hydrogen-bond acceptors (Lipinski definition) is 6. The lowest BCUT2D eigenvalue weighted by molar-refractivity contribution is 0.590. The first kappa shape index (κ1) is 52.4. The largest absolute Gasteiger partial charge is 0.308 e. The third-order valence-corrected chi connectivity index (χ3v) is 15.1. The molecule has 0 aliphatic heterocycles. The topological polar surface area (TPSA) is 63.0 Å². The Balaban J connectivity index is 1.35. The van der Waals surface area contributed by atoms with Gasteiger partial charge in [-0.05, 0) is 123 Å². The smallest absolute Gasteiger partial charge is 0.164 e. The summed E-state index contributed by atoms with van der Waals surface area (Å²) in [5, 5.41) is 1.06. The quantitative estimate of drug-likeness (QED) is 0.136. The predicted octanol–water partition coefficient (Wildman–Crippen LogP) is 19.5. The minimum atomic E-state index is -0.0664. The van der Waals surface area contributed by atoms with Gasteiger partial charge in [-0.25, -0.2) is 15.0 Å². The number of para-hydroxylation sites is 1. The van der Waals surface area contributed by atoms with Gasteiger partial charge in [0.05, 0.1) is 33.6 Å². The highest BCUT2D eigenvalue weighted by Crippen LogP contribution is 2.51. The molecule has 394 valence electrons. The van der Waals surface area contributed by atoms with E-state index in [2.05, 4.69) is 267 Å². The number of pyridine rings is 1. The molecule has 0 spiro atoms. The fourth-order valence-corrected chi connectivity index (χ4v) is 10.6. The van der Waals surface area contributed by atoms with Crippen LogP contribution >= 0.6 is 0 Å². The lowest BCUT2D eigenvalue weighted by Gasteiger charge is -2.35. The minimum absolute atomic E-state index is 0.0664. The first-order chi connectivity index (χ1) is 37.7. The fraction of sp³-hybridized carbons (Fsp3) is 0.222. The van der Waals surface area contributed by atoms with Crippen LogP contribution in [0.2, 0.25) is 0 Å². The summed E-state index contributed by atoms with van der Waals surface area (Å²) in [6.45, 7) is 27.3. The van der Waals surface area contributed by atoms with Crippen molar-refractivity contribution in [2.24, 2.45) is 0 Å². The number of nitrogens with zero attached hydrogens (tertiary/aromatic N) is 7. The maximum absolute atomic E-state index is 5.46. The second kappa shape index (κ2) is 20.3. The number of benzene rings is 8. The van der Waals surface area contributed by atoms with Gasteiger partial charge in [0.2, 0.25) is 0 Å². The Hall–Kier alpha value is -8.68. The van der Waals surface area contributed by atoms with Gasteiger partial charge in [-0.15, -0.1) is 0 Å². The molecular formula is C72H71N7. The van der Waals surface area contributed by atoms with Gasteiger partial charge in [0, 0.05) is 51.0 Å². The molecule has 0 N–H and O–H groups in total. The van der Waals surface area contributed by atoms with E-state index in [1.165, 1.54) is 22.3 Å². The molecule has 3 heterocycles. The van der Waals surface area contributed by atoms with E-state index in [0.717, 1.165) is 78.4 Å². The Labute approximate surface area is 467 Å². The average molecular weight is 1030 g/mol. The number of aromatic nitrogens is 5. The molecule has 8 aromatic carbocycles. The zero-order valence-electron chi connectivity index (χ0n) is 47.8. The summed E-state index contributed by atoms with van der Waals surface area (Å²) >= 11 is 0. The predicted molar refractivity (Wildman–Crippen MR) is 332 cm³/mol. The van der Waals surface area contributed by atoms with Crippen molar-refractivity contribution in [2.45, 2.75) is 105 Å². The van der Waals surface area contributed by atoms with Gasteiger partial charge < -0.3 is 14.4 Å². The molecule has 3 aromatic heterocycles. The van der Waals surface area contributed by atoms with Gasteiger partial charge in [0.25, 0.3) is 0 Å². The normalized spacial score (nSPS) is 12.3. The summed E-state index contributed by atoms with van der Waals surface area (Å²) in [5.41, 5.74) is 17.0. The van der Waals surface area contributed by atoms with Crippen LogP contribution in [0, 0.1) is 0 Å². The molecule has 0 amide bonds. The van der Waals surface area contributed by atoms with E-state index in [9.17, 15) is 0 Å². The third kappa shape index (κ3) is 10.5. The van der Waals surface area contributed by atoms with Crippen LogP contribution in [0.3, 0.4) is 0 Å². The first-order valence-corrected chi connectivity index (χ1v) is 27.6. The molecule has 0 aliphatic rings. The van der Waals surface area contributed by atoms with E-state index in [1.54, 1.807) is 0 Å². The van der Waals surface area contributed by atoms with E-state index in [0.29, 0.717) is 17.5 Å². The first-order valence-electron chi connectivity index (χ1n) is 27.6. The summed E-state index contributed by atoms with van der Waals surface area (Å²) in [7, 11) is 0. The van der Waals surface area contributed by atoms with Gasteiger partial charge in [0.1, 0.15) is 0 Å².